The molecule has 0 saturated carbocycles. The van der Waals surface area contributed by atoms with Crippen molar-refractivity contribution < 1.29 is 9.53 Å². The standard InChI is InChI=1S/C12H18ClN3O2/c1-12(2,3)18-11(17)15-4-5-16-10(8-15)6-9(7-13)14-16/h6H,4-5,7-8H2,1-3H3. The van der Waals surface area contributed by atoms with Crippen LogP contribution in [0.3, 0.4) is 0 Å². The molecule has 0 unspecified atom stereocenters. The second-order valence-corrected chi connectivity index (χ2v) is 5.65. The molecular weight excluding hydrogens is 254 g/mol. The smallest absolute Gasteiger partial charge is 0.410 e. The lowest BCUT2D eigenvalue weighted by Gasteiger charge is -2.30. The van der Waals surface area contributed by atoms with Gasteiger partial charge in [0.2, 0.25) is 0 Å². The SMILES string of the molecule is CC(C)(C)OC(=O)N1CCn2nc(CCl)cc2C1. The summed E-state index contributed by atoms with van der Waals surface area (Å²) in [6.07, 6.45) is -0.276. The maximum absolute atomic E-state index is 11.9. The number of hydrogen-bond acceptors (Lipinski definition) is 3. The molecule has 100 valence electrons. The largest absolute Gasteiger partial charge is 0.444 e. The van der Waals surface area contributed by atoms with E-state index in [4.69, 9.17) is 16.3 Å². The first-order valence-electron chi connectivity index (χ1n) is 5.98. The normalized spacial score (nSPS) is 15.4. The summed E-state index contributed by atoms with van der Waals surface area (Å²) in [5.74, 6) is 0.395. The van der Waals surface area contributed by atoms with Gasteiger partial charge in [0.15, 0.2) is 0 Å². The van der Waals surface area contributed by atoms with Crippen molar-refractivity contribution in [1.82, 2.24) is 14.7 Å². The Balaban J connectivity index is 2.05. The lowest BCUT2D eigenvalue weighted by atomic mass is 10.2. The fourth-order valence-electron chi connectivity index (χ4n) is 1.87. The summed E-state index contributed by atoms with van der Waals surface area (Å²) in [7, 11) is 0. The third kappa shape index (κ3) is 2.96. The monoisotopic (exact) mass is 271 g/mol. The highest BCUT2D eigenvalue weighted by molar-refractivity contribution is 6.16. The van der Waals surface area contributed by atoms with Crippen LogP contribution in [-0.4, -0.2) is 32.9 Å². The van der Waals surface area contributed by atoms with Crippen molar-refractivity contribution >= 4 is 17.7 Å². The summed E-state index contributed by atoms with van der Waals surface area (Å²) in [6, 6.07) is 1.93. The van der Waals surface area contributed by atoms with Gasteiger partial charge in [-0.05, 0) is 26.8 Å². The lowest BCUT2D eigenvalue weighted by molar-refractivity contribution is 0.0194. The molecule has 1 aliphatic rings. The molecule has 0 spiro atoms. The molecule has 5 nitrogen and oxygen atoms in total. The molecule has 0 bridgehead atoms. The van der Waals surface area contributed by atoms with Gasteiger partial charge in [-0.15, -0.1) is 11.6 Å². The number of carbonyl (C=O) groups excluding carboxylic acids is 1. The number of ether oxygens (including phenoxy) is 1. The third-order valence-electron chi connectivity index (χ3n) is 2.64. The van der Waals surface area contributed by atoms with E-state index in [1.807, 2.05) is 31.5 Å². The first-order valence-corrected chi connectivity index (χ1v) is 6.52. The zero-order chi connectivity index (χ0) is 13.3. The maximum atomic E-state index is 11.9. The van der Waals surface area contributed by atoms with Crippen molar-refractivity contribution in [2.45, 2.75) is 45.3 Å². The average Bonchev–Trinajstić information content (AvgIpc) is 2.68. The molecule has 6 heteroatoms. The molecule has 18 heavy (non-hydrogen) atoms. The Bertz CT molecular complexity index is 451. The van der Waals surface area contributed by atoms with E-state index in [1.165, 1.54) is 0 Å². The Morgan fingerprint density at radius 1 is 1.50 bits per heavy atom. The number of aromatic nitrogens is 2. The van der Waals surface area contributed by atoms with E-state index in [-0.39, 0.29) is 6.09 Å². The van der Waals surface area contributed by atoms with Crippen molar-refractivity contribution in [2.75, 3.05) is 6.54 Å². The van der Waals surface area contributed by atoms with Crippen LogP contribution in [0.25, 0.3) is 0 Å². The number of carbonyl (C=O) groups is 1. The minimum atomic E-state index is -0.462. The van der Waals surface area contributed by atoms with E-state index in [0.29, 0.717) is 25.5 Å². The molecule has 0 fully saturated rings. The molecule has 0 aliphatic carbocycles. The number of halogens is 1. The zero-order valence-corrected chi connectivity index (χ0v) is 11.7. The van der Waals surface area contributed by atoms with Gasteiger partial charge in [0.25, 0.3) is 0 Å². The van der Waals surface area contributed by atoms with E-state index < -0.39 is 5.60 Å². The van der Waals surface area contributed by atoms with Crippen molar-refractivity contribution in [1.29, 1.82) is 0 Å². The fraction of sp³-hybridized carbons (Fsp3) is 0.667. The first kappa shape index (κ1) is 13.2. The van der Waals surface area contributed by atoms with Crippen molar-refractivity contribution in [3.05, 3.63) is 17.5 Å². The van der Waals surface area contributed by atoms with E-state index >= 15 is 0 Å². The van der Waals surface area contributed by atoms with E-state index in [2.05, 4.69) is 5.10 Å². The van der Waals surface area contributed by atoms with Gasteiger partial charge in [-0.2, -0.15) is 5.10 Å². The predicted octanol–water partition coefficient (Wildman–Crippen LogP) is 2.37. The maximum Gasteiger partial charge on any atom is 0.410 e. The van der Waals surface area contributed by atoms with E-state index in [0.717, 1.165) is 11.4 Å². The molecule has 0 saturated heterocycles. The topological polar surface area (TPSA) is 47.4 Å². The van der Waals surface area contributed by atoms with Gasteiger partial charge >= 0.3 is 6.09 Å². The summed E-state index contributed by atoms with van der Waals surface area (Å²) in [5, 5.41) is 4.34. The Hall–Kier alpha value is -1.23. The number of nitrogens with zero attached hydrogens (tertiary/aromatic N) is 3. The third-order valence-corrected chi connectivity index (χ3v) is 2.91. The molecule has 0 radical (unpaired) electrons. The fourth-order valence-corrected chi connectivity index (χ4v) is 2.00. The van der Waals surface area contributed by atoms with Gasteiger partial charge in [-0.1, -0.05) is 0 Å². The molecule has 0 aromatic carbocycles. The number of amides is 1. The van der Waals surface area contributed by atoms with Crippen LogP contribution < -0.4 is 0 Å². The summed E-state index contributed by atoms with van der Waals surface area (Å²) >= 11 is 5.75. The average molecular weight is 272 g/mol. The molecule has 1 aromatic heterocycles. The van der Waals surface area contributed by atoms with Crippen molar-refractivity contribution in [3.8, 4) is 0 Å². The Morgan fingerprint density at radius 2 is 2.22 bits per heavy atom. The van der Waals surface area contributed by atoms with Crippen LogP contribution >= 0.6 is 11.6 Å². The van der Waals surface area contributed by atoms with E-state index in [9.17, 15) is 4.79 Å². The van der Waals surface area contributed by atoms with E-state index in [1.54, 1.807) is 4.90 Å². The Labute approximate surface area is 112 Å². The van der Waals surface area contributed by atoms with Crippen LogP contribution in [0, 0.1) is 0 Å². The van der Waals surface area contributed by atoms with Crippen molar-refractivity contribution in [2.24, 2.45) is 0 Å². The minimum absolute atomic E-state index is 0.276. The van der Waals surface area contributed by atoms with Gasteiger partial charge in [-0.3, -0.25) is 4.68 Å². The molecule has 2 heterocycles. The minimum Gasteiger partial charge on any atom is -0.444 e. The number of fused-ring (bicyclic) bond motifs is 1. The highest BCUT2D eigenvalue weighted by Gasteiger charge is 2.26. The van der Waals surface area contributed by atoms with Gasteiger partial charge in [0, 0.05) is 6.54 Å². The zero-order valence-electron chi connectivity index (χ0n) is 10.9. The Morgan fingerprint density at radius 3 is 2.83 bits per heavy atom. The number of hydrogen-bond donors (Lipinski definition) is 0. The highest BCUT2D eigenvalue weighted by atomic mass is 35.5. The van der Waals surface area contributed by atoms with Gasteiger partial charge in [-0.25, -0.2) is 4.79 Å². The Kier molecular flexibility index (Phi) is 3.52. The van der Waals surface area contributed by atoms with Crippen LogP contribution in [-0.2, 0) is 23.7 Å². The van der Waals surface area contributed by atoms with Crippen LogP contribution in [0.4, 0.5) is 4.79 Å². The summed E-state index contributed by atoms with van der Waals surface area (Å²) < 4.78 is 7.26. The van der Waals surface area contributed by atoms with Gasteiger partial charge in [0.05, 0.1) is 30.4 Å². The van der Waals surface area contributed by atoms with Gasteiger partial charge < -0.3 is 9.64 Å². The molecule has 2 rings (SSSR count). The molecule has 1 aromatic rings. The van der Waals surface area contributed by atoms with Crippen LogP contribution in [0.2, 0.25) is 0 Å². The molecular formula is C12H18ClN3O2. The number of rotatable bonds is 1. The lowest BCUT2D eigenvalue weighted by Crippen LogP contribution is -2.41. The highest BCUT2D eigenvalue weighted by Crippen LogP contribution is 2.17. The van der Waals surface area contributed by atoms with Crippen molar-refractivity contribution in [3.63, 3.8) is 0 Å². The second kappa shape index (κ2) is 4.80. The molecule has 0 N–H and O–H groups in total. The molecule has 1 amide bonds. The number of alkyl halides is 1. The molecule has 1 aliphatic heterocycles. The van der Waals surface area contributed by atoms with Crippen LogP contribution in [0.1, 0.15) is 32.2 Å². The van der Waals surface area contributed by atoms with Gasteiger partial charge in [0.1, 0.15) is 5.60 Å². The van der Waals surface area contributed by atoms with Crippen LogP contribution in [0.5, 0.6) is 0 Å². The van der Waals surface area contributed by atoms with Crippen LogP contribution in [0.15, 0.2) is 6.07 Å². The quantitative estimate of drug-likeness (QED) is 0.737. The second-order valence-electron chi connectivity index (χ2n) is 5.39. The first-order chi connectivity index (χ1) is 8.39. The molecule has 0 atom stereocenters. The predicted molar refractivity (Wildman–Crippen MR) is 68.4 cm³/mol. The summed E-state index contributed by atoms with van der Waals surface area (Å²) in [4.78, 5) is 13.6. The summed E-state index contributed by atoms with van der Waals surface area (Å²) in [5.41, 5.74) is 1.39. The summed E-state index contributed by atoms with van der Waals surface area (Å²) in [6.45, 7) is 7.43.